The molecule has 0 spiro atoms. The van der Waals surface area contributed by atoms with Crippen LogP contribution >= 0.6 is 12.2 Å². The quantitative estimate of drug-likeness (QED) is 0.255. The fraction of sp³-hybridized carbons (Fsp3) is 0.556. The van der Waals surface area contributed by atoms with Gasteiger partial charge in [0, 0.05) is 23.9 Å². The first-order valence-corrected chi connectivity index (χ1v) is 13.3. The van der Waals surface area contributed by atoms with Gasteiger partial charge in [-0.15, -0.1) is 0 Å². The van der Waals surface area contributed by atoms with Crippen molar-refractivity contribution < 1.29 is 24.2 Å². The predicted octanol–water partition coefficient (Wildman–Crippen LogP) is 4.63. The molecule has 0 saturated carbocycles. The van der Waals surface area contributed by atoms with Crippen molar-refractivity contribution in [2.24, 2.45) is 16.8 Å². The normalized spacial score (nSPS) is 20.9. The Kier molecular flexibility index (Phi) is 10.2. The first kappa shape index (κ1) is 28.7. The molecule has 2 atom stereocenters. The second kappa shape index (κ2) is 13.1. The van der Waals surface area contributed by atoms with E-state index in [1.165, 1.54) is 50.8 Å². The Balaban J connectivity index is 1.63. The van der Waals surface area contributed by atoms with Crippen LogP contribution in [0.25, 0.3) is 0 Å². The van der Waals surface area contributed by atoms with Gasteiger partial charge in [-0.05, 0) is 88.6 Å². The average molecular weight is 533 g/mol. The van der Waals surface area contributed by atoms with E-state index in [1.54, 1.807) is 6.92 Å². The Morgan fingerprint density at radius 3 is 2.54 bits per heavy atom. The highest BCUT2D eigenvalue weighted by molar-refractivity contribution is 7.80. The van der Waals surface area contributed by atoms with Gasteiger partial charge in [-0.2, -0.15) is 0 Å². The van der Waals surface area contributed by atoms with Crippen molar-refractivity contribution >= 4 is 40.7 Å². The molecular weight excluding hydrogens is 495 g/mol. The molecule has 1 saturated heterocycles. The summed E-state index contributed by atoms with van der Waals surface area (Å²) in [6.45, 7) is 9.19. The first-order valence-electron chi connectivity index (χ1n) is 12.9. The monoisotopic (exact) mass is 532 g/mol. The van der Waals surface area contributed by atoms with E-state index in [0.717, 1.165) is 32.0 Å². The number of anilines is 1. The third-order valence-electron chi connectivity index (χ3n) is 7.26. The molecule has 4 N–H and O–H groups in total. The van der Waals surface area contributed by atoms with Gasteiger partial charge in [0.1, 0.15) is 11.7 Å². The number of rotatable bonds is 10. The molecule has 2 unspecified atom stereocenters. The summed E-state index contributed by atoms with van der Waals surface area (Å²) in [7, 11) is 0. The second-order valence-corrected chi connectivity index (χ2v) is 10.3. The molecule has 0 aliphatic carbocycles. The van der Waals surface area contributed by atoms with Crippen LogP contribution in [0.3, 0.4) is 0 Å². The highest BCUT2D eigenvalue weighted by Gasteiger charge is 2.41. The molecule has 0 amide bonds. The van der Waals surface area contributed by atoms with E-state index in [4.69, 9.17) is 12.2 Å². The van der Waals surface area contributed by atoms with E-state index in [9.17, 15) is 24.2 Å². The van der Waals surface area contributed by atoms with Crippen LogP contribution in [0.1, 0.15) is 64.4 Å². The molecular formula is C27H37FN4O4S. The fourth-order valence-corrected chi connectivity index (χ4v) is 5.62. The van der Waals surface area contributed by atoms with Crippen LogP contribution in [0.15, 0.2) is 34.5 Å². The first-order chi connectivity index (χ1) is 17.6. The molecule has 2 heterocycles. The summed E-state index contributed by atoms with van der Waals surface area (Å²) in [5.74, 6) is -4.36. The summed E-state index contributed by atoms with van der Waals surface area (Å²) in [6.07, 6.45) is 5.96. The predicted molar refractivity (Wildman–Crippen MR) is 147 cm³/mol. The average Bonchev–Trinajstić information content (AvgIpc) is 2.83. The largest absolute Gasteiger partial charge is 0.481 e. The minimum Gasteiger partial charge on any atom is -0.481 e. The Bertz CT molecular complexity index is 1080. The van der Waals surface area contributed by atoms with Crippen LogP contribution in [0, 0.1) is 17.7 Å². The molecule has 0 radical (unpaired) electrons. The summed E-state index contributed by atoms with van der Waals surface area (Å²) in [5, 5.41) is 25.8. The van der Waals surface area contributed by atoms with Crippen molar-refractivity contribution in [3.05, 3.63) is 40.8 Å². The summed E-state index contributed by atoms with van der Waals surface area (Å²) < 4.78 is 14.7. The molecule has 10 heteroatoms. The van der Waals surface area contributed by atoms with Crippen LogP contribution in [-0.4, -0.2) is 64.1 Å². The number of benzene rings is 1. The number of hydrogen-bond donors (Lipinski definition) is 4. The van der Waals surface area contributed by atoms with Gasteiger partial charge in [0.2, 0.25) is 0 Å². The van der Waals surface area contributed by atoms with E-state index >= 15 is 0 Å². The Morgan fingerprint density at radius 1 is 1.22 bits per heavy atom. The molecule has 2 aliphatic heterocycles. The van der Waals surface area contributed by atoms with E-state index < -0.39 is 29.6 Å². The number of piperidine rings is 1. The lowest BCUT2D eigenvalue weighted by molar-refractivity contribution is -0.140. The summed E-state index contributed by atoms with van der Waals surface area (Å²) in [4.78, 5) is 30.7. The van der Waals surface area contributed by atoms with E-state index in [0.29, 0.717) is 17.8 Å². The fourth-order valence-electron chi connectivity index (χ4n) is 5.41. The van der Waals surface area contributed by atoms with Gasteiger partial charge >= 0.3 is 11.9 Å². The third kappa shape index (κ3) is 7.35. The van der Waals surface area contributed by atoms with Crippen LogP contribution in [0.4, 0.5) is 10.1 Å². The Morgan fingerprint density at radius 2 is 1.92 bits per heavy atom. The maximum Gasteiger partial charge on any atom is 0.334 e. The number of carbonyl (C=O) groups is 2. The topological polar surface area (TPSA) is 114 Å². The lowest BCUT2D eigenvalue weighted by Gasteiger charge is -2.31. The van der Waals surface area contributed by atoms with Gasteiger partial charge in [0.15, 0.2) is 5.11 Å². The summed E-state index contributed by atoms with van der Waals surface area (Å²) in [6, 6.07) is 4.03. The molecule has 37 heavy (non-hydrogen) atoms. The number of allylic oxidation sites excluding steroid dienone is 1. The maximum atomic E-state index is 14.7. The van der Waals surface area contributed by atoms with Gasteiger partial charge in [-0.3, -0.25) is 9.79 Å². The summed E-state index contributed by atoms with van der Waals surface area (Å²) in [5.41, 5.74) is 0.829. The number of carboxylic acids is 2. The smallest absolute Gasteiger partial charge is 0.334 e. The highest BCUT2D eigenvalue weighted by atomic mass is 32.1. The zero-order chi connectivity index (χ0) is 27.1. The van der Waals surface area contributed by atoms with E-state index in [-0.39, 0.29) is 22.1 Å². The molecule has 0 aromatic heterocycles. The number of nitrogens with zero attached hydrogens (tertiary/aromatic N) is 2. The maximum absolute atomic E-state index is 14.7. The molecule has 1 aromatic rings. The van der Waals surface area contributed by atoms with Gasteiger partial charge in [-0.1, -0.05) is 25.8 Å². The minimum absolute atomic E-state index is 0.0553. The number of aliphatic imine (C=N–C) groups is 1. The minimum atomic E-state index is -1.25. The van der Waals surface area contributed by atoms with Gasteiger partial charge in [-0.25, -0.2) is 9.18 Å². The zero-order valence-corrected chi connectivity index (χ0v) is 22.5. The number of thiocarbonyl (C=S) groups is 1. The Labute approximate surface area is 223 Å². The number of hydrogen-bond acceptors (Lipinski definition) is 5. The highest BCUT2D eigenvalue weighted by Crippen LogP contribution is 2.40. The van der Waals surface area contributed by atoms with Gasteiger partial charge in [0.05, 0.1) is 11.3 Å². The molecule has 1 aromatic carbocycles. The molecule has 3 rings (SSSR count). The zero-order valence-electron chi connectivity index (χ0n) is 21.7. The lowest BCUT2D eigenvalue weighted by atomic mass is 9.75. The molecule has 1 fully saturated rings. The molecule has 2 aliphatic rings. The van der Waals surface area contributed by atoms with E-state index in [2.05, 4.69) is 27.4 Å². The number of likely N-dealkylation sites (tertiary alicyclic amines) is 1. The van der Waals surface area contributed by atoms with E-state index in [1.807, 2.05) is 0 Å². The number of carboxylic acid groups (broad SMARTS) is 2. The summed E-state index contributed by atoms with van der Waals surface area (Å²) >= 11 is 5.36. The number of aliphatic carboxylic acids is 2. The van der Waals surface area contributed by atoms with Crippen LogP contribution in [0.2, 0.25) is 0 Å². The SMILES string of the molecule is CCCC1CCN(CCCNC(=S)Nc2cc(C3C(C(=O)O)=C(C)N=C(C)C3C(=O)O)ccc2F)CC1. The van der Waals surface area contributed by atoms with Crippen molar-refractivity contribution in [1.29, 1.82) is 0 Å². The van der Waals surface area contributed by atoms with Crippen molar-refractivity contribution in [2.75, 3.05) is 31.5 Å². The molecule has 8 nitrogen and oxygen atoms in total. The van der Waals surface area contributed by atoms with Gasteiger partial charge < -0.3 is 25.7 Å². The van der Waals surface area contributed by atoms with Crippen molar-refractivity contribution in [1.82, 2.24) is 10.2 Å². The molecule has 0 bridgehead atoms. The Hall–Kier alpha value is -2.85. The van der Waals surface area contributed by atoms with Crippen molar-refractivity contribution in [3.8, 4) is 0 Å². The third-order valence-corrected chi connectivity index (χ3v) is 7.51. The number of nitrogens with one attached hydrogen (secondary N) is 2. The van der Waals surface area contributed by atoms with Crippen molar-refractivity contribution in [3.63, 3.8) is 0 Å². The van der Waals surface area contributed by atoms with Gasteiger partial charge in [0.25, 0.3) is 0 Å². The number of halogens is 1. The lowest BCUT2D eigenvalue weighted by Crippen LogP contribution is -2.36. The van der Waals surface area contributed by atoms with Crippen LogP contribution in [0.5, 0.6) is 0 Å². The van der Waals surface area contributed by atoms with Crippen molar-refractivity contribution in [2.45, 2.75) is 58.8 Å². The second-order valence-electron chi connectivity index (χ2n) is 9.90. The standard InChI is InChI=1S/C27H37FN4O4S/c1-4-6-18-9-13-32(14-10-18)12-5-11-29-27(37)31-21-15-19(7-8-20(21)28)24-22(25(33)34)16(2)30-17(3)23(24)26(35)36/h7-8,15,18,22,24H,4-6,9-14H2,1-3H3,(H,33,34)(H,35,36)(H2,29,31,37). The van der Waals surface area contributed by atoms with Crippen LogP contribution in [-0.2, 0) is 9.59 Å². The van der Waals surface area contributed by atoms with Crippen LogP contribution < -0.4 is 10.6 Å². The molecule has 202 valence electrons.